The number of rotatable bonds is 2. The number of aromatic nitrogens is 1. The fourth-order valence-electron chi connectivity index (χ4n) is 1.47. The second kappa shape index (κ2) is 3.57. The second-order valence-electron chi connectivity index (χ2n) is 3.03. The molecule has 1 saturated heterocycles. The first-order chi connectivity index (χ1) is 6.40. The maximum atomic E-state index is 10.5. The van der Waals surface area contributed by atoms with E-state index in [9.17, 15) is 4.79 Å². The molecule has 1 atom stereocenters. The number of nitrogens with zero attached hydrogens (tertiary/aromatic N) is 2. The highest BCUT2D eigenvalue weighted by Crippen LogP contribution is 2.13. The van der Waals surface area contributed by atoms with Crippen LogP contribution in [0.15, 0.2) is 16.9 Å². The van der Waals surface area contributed by atoms with Gasteiger partial charge in [0.25, 0.3) is 0 Å². The monoisotopic (exact) mass is 181 g/mol. The predicted octanol–water partition coefficient (Wildman–Crippen LogP) is -0.223. The Bertz CT molecular complexity index is 273. The summed E-state index contributed by atoms with van der Waals surface area (Å²) in [4.78, 5) is 12.3. The van der Waals surface area contributed by atoms with Crippen LogP contribution in [0.4, 0.5) is 0 Å². The van der Waals surface area contributed by atoms with E-state index < -0.39 is 0 Å². The molecular weight excluding hydrogens is 170 g/mol. The van der Waals surface area contributed by atoms with Crippen molar-refractivity contribution < 1.29 is 9.32 Å². The molecule has 1 aromatic heterocycles. The van der Waals surface area contributed by atoms with E-state index in [1.54, 1.807) is 4.90 Å². The van der Waals surface area contributed by atoms with Gasteiger partial charge in [0.2, 0.25) is 6.41 Å². The molecule has 0 aliphatic carbocycles. The third-order valence-electron chi connectivity index (χ3n) is 2.17. The first-order valence-corrected chi connectivity index (χ1v) is 4.23. The lowest BCUT2D eigenvalue weighted by atomic mass is 10.1. The van der Waals surface area contributed by atoms with Crippen molar-refractivity contribution in [2.24, 2.45) is 0 Å². The van der Waals surface area contributed by atoms with Gasteiger partial charge in [0.1, 0.15) is 12.0 Å². The van der Waals surface area contributed by atoms with Gasteiger partial charge >= 0.3 is 0 Å². The van der Waals surface area contributed by atoms with E-state index in [-0.39, 0.29) is 6.04 Å². The van der Waals surface area contributed by atoms with Crippen LogP contribution in [-0.2, 0) is 4.79 Å². The van der Waals surface area contributed by atoms with Crippen molar-refractivity contribution in [2.75, 3.05) is 19.6 Å². The number of piperazine rings is 1. The summed E-state index contributed by atoms with van der Waals surface area (Å²) in [6.07, 6.45) is 2.41. The van der Waals surface area contributed by atoms with Crippen molar-refractivity contribution in [1.29, 1.82) is 0 Å². The van der Waals surface area contributed by atoms with Crippen molar-refractivity contribution in [1.82, 2.24) is 15.4 Å². The summed E-state index contributed by atoms with van der Waals surface area (Å²) in [5, 5.41) is 7.09. The first kappa shape index (κ1) is 8.25. The zero-order valence-corrected chi connectivity index (χ0v) is 7.14. The van der Waals surface area contributed by atoms with Crippen LogP contribution in [0.5, 0.6) is 0 Å². The molecular formula is C8H11N3O2. The maximum absolute atomic E-state index is 10.5. The van der Waals surface area contributed by atoms with E-state index in [1.807, 2.05) is 6.07 Å². The van der Waals surface area contributed by atoms with Crippen LogP contribution in [0.25, 0.3) is 0 Å². The van der Waals surface area contributed by atoms with Crippen molar-refractivity contribution >= 4 is 6.41 Å². The molecule has 2 rings (SSSR count). The largest absolute Gasteiger partial charge is 0.364 e. The smallest absolute Gasteiger partial charge is 0.209 e. The van der Waals surface area contributed by atoms with Gasteiger partial charge in [-0.2, -0.15) is 0 Å². The number of hydrogen-bond acceptors (Lipinski definition) is 4. The highest BCUT2D eigenvalue weighted by molar-refractivity contribution is 5.47. The van der Waals surface area contributed by atoms with Crippen molar-refractivity contribution in [3.8, 4) is 0 Å². The Morgan fingerprint density at radius 2 is 2.69 bits per heavy atom. The Balaban J connectivity index is 2.04. The van der Waals surface area contributed by atoms with Crippen LogP contribution in [0.2, 0.25) is 0 Å². The van der Waals surface area contributed by atoms with E-state index in [0.717, 1.165) is 25.2 Å². The molecule has 0 bridgehead atoms. The van der Waals surface area contributed by atoms with Crippen LogP contribution in [0.1, 0.15) is 11.7 Å². The molecule has 13 heavy (non-hydrogen) atoms. The van der Waals surface area contributed by atoms with Crippen molar-refractivity contribution in [3.63, 3.8) is 0 Å². The lowest BCUT2D eigenvalue weighted by Gasteiger charge is -2.29. The quantitative estimate of drug-likeness (QED) is 0.641. The SMILES string of the molecule is O=CN1CCN[C@@H](c2ccon2)C1. The summed E-state index contributed by atoms with van der Waals surface area (Å²) in [5.74, 6) is 0. The second-order valence-corrected chi connectivity index (χ2v) is 3.03. The van der Waals surface area contributed by atoms with Crippen LogP contribution in [0, 0.1) is 0 Å². The number of amides is 1. The number of carbonyl (C=O) groups is 1. The number of nitrogens with one attached hydrogen (secondary N) is 1. The summed E-state index contributed by atoms with van der Waals surface area (Å²) in [6.45, 7) is 2.23. The van der Waals surface area contributed by atoms with E-state index >= 15 is 0 Å². The molecule has 1 aliphatic rings. The molecule has 0 saturated carbocycles. The minimum absolute atomic E-state index is 0.109. The molecule has 1 fully saturated rings. The van der Waals surface area contributed by atoms with Crippen LogP contribution >= 0.6 is 0 Å². The normalized spacial score (nSPS) is 23.1. The van der Waals surface area contributed by atoms with Crippen molar-refractivity contribution in [3.05, 3.63) is 18.0 Å². The minimum atomic E-state index is 0.109. The Morgan fingerprint density at radius 1 is 1.77 bits per heavy atom. The van der Waals surface area contributed by atoms with Crippen molar-refractivity contribution in [2.45, 2.75) is 6.04 Å². The highest BCUT2D eigenvalue weighted by Gasteiger charge is 2.21. The standard InChI is InChI=1S/C8H11N3O2/c12-6-11-3-2-9-8(5-11)7-1-4-13-10-7/h1,4,6,8-9H,2-3,5H2/t8-/m1/s1. The molecule has 2 heterocycles. The Labute approximate surface area is 75.7 Å². The van der Waals surface area contributed by atoms with Gasteiger partial charge in [-0.15, -0.1) is 0 Å². The summed E-state index contributed by atoms with van der Waals surface area (Å²) in [7, 11) is 0. The van der Waals surface area contributed by atoms with E-state index in [4.69, 9.17) is 4.52 Å². The lowest BCUT2D eigenvalue weighted by Crippen LogP contribution is -2.45. The molecule has 5 heteroatoms. The van der Waals surface area contributed by atoms with Crippen LogP contribution in [0.3, 0.4) is 0 Å². The molecule has 0 spiro atoms. The molecule has 1 aromatic rings. The molecule has 5 nitrogen and oxygen atoms in total. The average Bonchev–Trinajstić information content (AvgIpc) is 2.71. The summed E-state index contributed by atoms with van der Waals surface area (Å²) in [6, 6.07) is 1.92. The molecule has 1 aliphatic heterocycles. The van der Waals surface area contributed by atoms with Gasteiger partial charge in [-0.05, 0) is 0 Å². The first-order valence-electron chi connectivity index (χ1n) is 4.23. The average molecular weight is 181 g/mol. The van der Waals surface area contributed by atoms with Gasteiger partial charge in [-0.3, -0.25) is 4.79 Å². The van der Waals surface area contributed by atoms with Gasteiger partial charge in [-0.25, -0.2) is 0 Å². The molecule has 0 aromatic carbocycles. The van der Waals surface area contributed by atoms with Crippen LogP contribution in [-0.4, -0.2) is 36.1 Å². The molecule has 0 unspecified atom stereocenters. The third kappa shape index (κ3) is 1.70. The molecule has 1 N–H and O–H groups in total. The van der Waals surface area contributed by atoms with Gasteiger partial charge in [-0.1, -0.05) is 5.16 Å². The van der Waals surface area contributed by atoms with E-state index in [0.29, 0.717) is 6.54 Å². The molecule has 70 valence electrons. The maximum Gasteiger partial charge on any atom is 0.209 e. The number of hydrogen-bond donors (Lipinski definition) is 1. The van der Waals surface area contributed by atoms with Gasteiger partial charge in [0.05, 0.1) is 6.04 Å². The zero-order chi connectivity index (χ0) is 9.10. The van der Waals surface area contributed by atoms with E-state index in [2.05, 4.69) is 10.5 Å². The predicted molar refractivity (Wildman–Crippen MR) is 44.9 cm³/mol. The fraction of sp³-hybridized carbons (Fsp3) is 0.500. The molecule has 0 radical (unpaired) electrons. The number of carbonyl (C=O) groups excluding carboxylic acids is 1. The Morgan fingerprint density at radius 3 is 3.38 bits per heavy atom. The fourth-order valence-corrected chi connectivity index (χ4v) is 1.47. The molecule has 1 amide bonds. The van der Waals surface area contributed by atoms with Gasteiger partial charge < -0.3 is 14.7 Å². The van der Waals surface area contributed by atoms with Crippen LogP contribution < -0.4 is 5.32 Å². The van der Waals surface area contributed by atoms with Gasteiger partial charge in [0.15, 0.2) is 0 Å². The highest BCUT2D eigenvalue weighted by atomic mass is 16.5. The Hall–Kier alpha value is -1.36. The summed E-state index contributed by atoms with van der Waals surface area (Å²) in [5.41, 5.74) is 0.853. The Kier molecular flexibility index (Phi) is 2.27. The summed E-state index contributed by atoms with van der Waals surface area (Å²) < 4.78 is 4.74. The third-order valence-corrected chi connectivity index (χ3v) is 2.17. The van der Waals surface area contributed by atoms with E-state index in [1.165, 1.54) is 6.26 Å². The lowest BCUT2D eigenvalue weighted by molar-refractivity contribution is -0.119. The topological polar surface area (TPSA) is 58.4 Å². The zero-order valence-electron chi connectivity index (χ0n) is 7.14. The van der Waals surface area contributed by atoms with Gasteiger partial charge in [0, 0.05) is 25.7 Å². The minimum Gasteiger partial charge on any atom is -0.364 e. The summed E-state index contributed by atoms with van der Waals surface area (Å²) >= 11 is 0.